The molecule has 0 aromatic heterocycles. The van der Waals surface area contributed by atoms with E-state index in [0.29, 0.717) is 17.9 Å². The van der Waals surface area contributed by atoms with Gasteiger partial charge in [0.05, 0.1) is 34.5 Å². The molecule has 3 aromatic rings. The van der Waals surface area contributed by atoms with Crippen LogP contribution in [0.25, 0.3) is 0 Å². The molecule has 0 spiro atoms. The molecule has 0 saturated heterocycles. The monoisotopic (exact) mass is 518 g/mol. The number of aryl methyl sites for hydroxylation is 1. The molecular weight excluding hydrogens is 484 g/mol. The molecule has 1 atom stereocenters. The molecule has 1 aliphatic heterocycles. The molecule has 0 radical (unpaired) electrons. The van der Waals surface area contributed by atoms with E-state index in [-0.39, 0.29) is 0 Å². The molecule has 4 rings (SSSR count). The molecule has 0 aliphatic carbocycles. The Morgan fingerprint density at radius 2 is 1.46 bits per heavy atom. The van der Waals surface area contributed by atoms with E-state index >= 15 is 0 Å². The van der Waals surface area contributed by atoms with Gasteiger partial charge in [-0.15, -0.1) is 0 Å². The zero-order valence-corrected chi connectivity index (χ0v) is 23.0. The summed E-state index contributed by atoms with van der Waals surface area (Å²) in [4.78, 5) is 3.47. The zero-order valence-electron chi connectivity index (χ0n) is 22.2. The lowest BCUT2D eigenvalue weighted by Gasteiger charge is -2.33. The van der Waals surface area contributed by atoms with Gasteiger partial charge in [0.15, 0.2) is 23.0 Å². The second kappa shape index (κ2) is 11.8. The number of thioether (sulfide) groups is 1. The summed E-state index contributed by atoms with van der Waals surface area (Å²) in [6.45, 7) is 4.57. The highest BCUT2D eigenvalue weighted by Gasteiger charge is 2.35. The lowest BCUT2D eigenvalue weighted by atomic mass is 9.94. The first kappa shape index (κ1) is 26.7. The Morgan fingerprint density at radius 1 is 0.838 bits per heavy atom. The third-order valence-corrected chi connectivity index (χ3v) is 8.31. The van der Waals surface area contributed by atoms with E-state index in [1.165, 1.54) is 16.7 Å². The van der Waals surface area contributed by atoms with Gasteiger partial charge in [0.25, 0.3) is 0 Å². The highest BCUT2D eigenvalue weighted by atomic mass is 32.2. The molecule has 37 heavy (non-hydrogen) atoms. The number of nitrogens with zero attached hydrogens (tertiary/aromatic N) is 2. The van der Waals surface area contributed by atoms with Crippen molar-refractivity contribution < 1.29 is 18.9 Å². The molecule has 3 aromatic carbocycles. The van der Waals surface area contributed by atoms with E-state index in [4.69, 9.17) is 18.9 Å². The van der Waals surface area contributed by atoms with Crippen LogP contribution in [0.1, 0.15) is 28.7 Å². The van der Waals surface area contributed by atoms with Crippen molar-refractivity contribution in [3.63, 3.8) is 0 Å². The standard InChI is InChI=1S/C30H34N2O4S/c1-21-6-9-25(10-7-21)37-30(20-31,24-8-11-26(33-2)29(18-24)36-5)13-15-32-14-12-22-16-27(34-3)28(35-4)17-23(22)19-32/h6-11,16-18H,12-15,19H2,1-5H3. The average molecular weight is 519 g/mol. The van der Waals surface area contributed by atoms with Crippen LogP contribution in [0, 0.1) is 18.3 Å². The smallest absolute Gasteiger partial charge is 0.161 e. The SMILES string of the molecule is COc1ccc(C(C#N)(CCN2CCc3cc(OC)c(OC)cc3C2)Sc2ccc(C)cc2)cc1OC. The minimum atomic E-state index is -0.799. The van der Waals surface area contributed by atoms with Gasteiger partial charge in [0.2, 0.25) is 0 Å². The first-order chi connectivity index (χ1) is 17.9. The number of hydrogen-bond acceptors (Lipinski definition) is 7. The fourth-order valence-electron chi connectivity index (χ4n) is 4.74. The van der Waals surface area contributed by atoms with Crippen LogP contribution < -0.4 is 18.9 Å². The summed E-state index contributed by atoms with van der Waals surface area (Å²) in [5, 5.41) is 10.7. The molecule has 194 valence electrons. The zero-order chi connectivity index (χ0) is 26.4. The predicted molar refractivity (Wildman–Crippen MR) is 147 cm³/mol. The number of rotatable bonds is 10. The summed E-state index contributed by atoms with van der Waals surface area (Å²) in [5.41, 5.74) is 4.62. The van der Waals surface area contributed by atoms with Gasteiger partial charge in [-0.25, -0.2) is 0 Å². The summed E-state index contributed by atoms with van der Waals surface area (Å²) >= 11 is 1.60. The van der Waals surface area contributed by atoms with Crippen molar-refractivity contribution in [1.82, 2.24) is 4.90 Å². The predicted octanol–water partition coefficient (Wildman–Crippen LogP) is 5.99. The number of benzene rings is 3. The van der Waals surface area contributed by atoms with Crippen LogP contribution in [0.15, 0.2) is 59.5 Å². The molecular formula is C30H34N2O4S. The Labute approximate surface area is 224 Å². The summed E-state index contributed by atoms with van der Waals surface area (Å²) in [7, 11) is 6.57. The largest absolute Gasteiger partial charge is 0.493 e. The van der Waals surface area contributed by atoms with Crippen molar-refractivity contribution in [3.8, 4) is 29.1 Å². The third-order valence-electron chi connectivity index (χ3n) is 6.92. The van der Waals surface area contributed by atoms with Crippen LogP contribution in [0.3, 0.4) is 0 Å². The molecule has 0 fully saturated rings. The summed E-state index contributed by atoms with van der Waals surface area (Å²) in [6, 6.07) is 21.0. The van der Waals surface area contributed by atoms with Crippen LogP contribution >= 0.6 is 11.8 Å². The first-order valence-electron chi connectivity index (χ1n) is 12.3. The molecule has 1 heterocycles. The average Bonchev–Trinajstić information content (AvgIpc) is 2.95. The first-order valence-corrected chi connectivity index (χ1v) is 13.1. The Morgan fingerprint density at radius 3 is 2.08 bits per heavy atom. The van der Waals surface area contributed by atoms with Gasteiger partial charge in [0, 0.05) is 24.5 Å². The lowest BCUT2D eigenvalue weighted by molar-refractivity contribution is 0.244. The highest BCUT2D eigenvalue weighted by Crippen LogP contribution is 2.46. The van der Waals surface area contributed by atoms with E-state index in [1.54, 1.807) is 40.2 Å². The van der Waals surface area contributed by atoms with E-state index in [1.807, 2.05) is 18.2 Å². The van der Waals surface area contributed by atoms with Gasteiger partial charge >= 0.3 is 0 Å². The number of fused-ring (bicyclic) bond motifs is 1. The van der Waals surface area contributed by atoms with Crippen molar-refractivity contribution in [2.24, 2.45) is 0 Å². The summed E-state index contributed by atoms with van der Waals surface area (Å²) in [5.74, 6) is 2.78. The molecule has 0 amide bonds. The second-order valence-corrected chi connectivity index (χ2v) is 10.5. The Bertz CT molecular complexity index is 1270. The minimum absolute atomic E-state index is 0.622. The molecule has 6 nitrogen and oxygen atoms in total. The normalized spacial score (nSPS) is 14.7. The minimum Gasteiger partial charge on any atom is -0.493 e. The fraction of sp³-hybridized carbons (Fsp3) is 0.367. The quantitative estimate of drug-likeness (QED) is 0.306. The van der Waals surface area contributed by atoms with Crippen LogP contribution in [0.2, 0.25) is 0 Å². The number of nitriles is 1. The van der Waals surface area contributed by atoms with E-state index in [0.717, 1.165) is 48.0 Å². The van der Waals surface area contributed by atoms with E-state index in [2.05, 4.69) is 54.3 Å². The van der Waals surface area contributed by atoms with Gasteiger partial charge in [-0.05, 0) is 72.9 Å². The Hall–Kier alpha value is -3.34. The van der Waals surface area contributed by atoms with Crippen molar-refractivity contribution >= 4 is 11.8 Å². The number of hydrogen-bond donors (Lipinski definition) is 0. The van der Waals surface area contributed by atoms with Gasteiger partial charge in [-0.2, -0.15) is 5.26 Å². The van der Waals surface area contributed by atoms with Gasteiger partial charge in [-0.3, -0.25) is 4.90 Å². The van der Waals surface area contributed by atoms with Gasteiger partial charge < -0.3 is 18.9 Å². The maximum Gasteiger partial charge on any atom is 0.161 e. The molecule has 1 unspecified atom stereocenters. The van der Waals surface area contributed by atoms with Crippen LogP contribution in [-0.4, -0.2) is 46.4 Å². The molecule has 0 saturated carbocycles. The van der Waals surface area contributed by atoms with Crippen LogP contribution in [-0.2, 0) is 17.7 Å². The van der Waals surface area contributed by atoms with Crippen LogP contribution in [0.5, 0.6) is 23.0 Å². The molecule has 7 heteroatoms. The fourth-order valence-corrected chi connectivity index (χ4v) is 5.90. The van der Waals surface area contributed by atoms with Crippen molar-refractivity contribution in [3.05, 3.63) is 76.9 Å². The maximum absolute atomic E-state index is 10.7. The van der Waals surface area contributed by atoms with E-state index < -0.39 is 4.75 Å². The number of methoxy groups -OCH3 is 4. The van der Waals surface area contributed by atoms with Crippen molar-refractivity contribution in [2.75, 3.05) is 41.5 Å². The van der Waals surface area contributed by atoms with Gasteiger partial charge in [-0.1, -0.05) is 35.5 Å². The molecule has 0 N–H and O–H groups in total. The van der Waals surface area contributed by atoms with Gasteiger partial charge in [0.1, 0.15) is 4.75 Å². The Kier molecular flexibility index (Phi) is 8.52. The lowest BCUT2D eigenvalue weighted by Crippen LogP contribution is -2.35. The van der Waals surface area contributed by atoms with E-state index in [9.17, 15) is 5.26 Å². The topological polar surface area (TPSA) is 64.0 Å². The maximum atomic E-state index is 10.7. The second-order valence-electron chi connectivity index (χ2n) is 9.18. The Balaban J connectivity index is 1.62. The molecule has 1 aliphatic rings. The van der Waals surface area contributed by atoms with Crippen LogP contribution in [0.4, 0.5) is 0 Å². The van der Waals surface area contributed by atoms with Crippen molar-refractivity contribution in [2.45, 2.75) is 36.0 Å². The number of ether oxygens (including phenoxy) is 4. The molecule has 0 bridgehead atoms. The third kappa shape index (κ3) is 5.82. The summed E-state index contributed by atoms with van der Waals surface area (Å²) < 4.78 is 21.3. The summed E-state index contributed by atoms with van der Waals surface area (Å²) in [6.07, 6.45) is 1.58. The highest BCUT2D eigenvalue weighted by molar-refractivity contribution is 8.00. The van der Waals surface area contributed by atoms with Crippen molar-refractivity contribution in [1.29, 1.82) is 5.26 Å².